The topological polar surface area (TPSA) is 81.2 Å². The first-order chi connectivity index (χ1) is 9.42. The highest BCUT2D eigenvalue weighted by molar-refractivity contribution is 7.92. The van der Waals surface area contributed by atoms with Crippen LogP contribution in [0.25, 0.3) is 0 Å². The first kappa shape index (κ1) is 14.5. The molecule has 9 heteroatoms. The Morgan fingerprint density at radius 2 is 1.95 bits per heavy atom. The molecule has 1 heterocycles. The van der Waals surface area contributed by atoms with Crippen LogP contribution in [0.15, 0.2) is 35.5 Å². The van der Waals surface area contributed by atoms with E-state index in [1.807, 2.05) is 0 Å². The molecule has 1 aromatic heterocycles. The van der Waals surface area contributed by atoms with Crippen molar-refractivity contribution in [3.8, 4) is 5.75 Å². The SMILES string of the molecule is COc1ccc(F)c(NS(=O)(=O)c2cnc(Cl)nc2)c1. The Hall–Kier alpha value is -1.93. The van der Waals surface area contributed by atoms with Crippen LogP contribution >= 0.6 is 11.6 Å². The van der Waals surface area contributed by atoms with Crippen molar-refractivity contribution in [1.29, 1.82) is 0 Å². The minimum absolute atomic E-state index is 0.0866. The lowest BCUT2D eigenvalue weighted by Gasteiger charge is -2.09. The quantitative estimate of drug-likeness (QED) is 0.873. The Labute approximate surface area is 119 Å². The number of nitrogens with one attached hydrogen (secondary N) is 1. The van der Waals surface area contributed by atoms with Gasteiger partial charge in [-0.05, 0) is 23.7 Å². The molecule has 0 fully saturated rings. The van der Waals surface area contributed by atoms with Crippen molar-refractivity contribution in [2.45, 2.75) is 4.90 Å². The van der Waals surface area contributed by atoms with Gasteiger partial charge in [0.1, 0.15) is 16.5 Å². The minimum Gasteiger partial charge on any atom is -0.497 e. The van der Waals surface area contributed by atoms with Gasteiger partial charge in [-0.1, -0.05) is 0 Å². The summed E-state index contributed by atoms with van der Waals surface area (Å²) in [5.41, 5.74) is -0.237. The predicted molar refractivity (Wildman–Crippen MR) is 70.8 cm³/mol. The van der Waals surface area contributed by atoms with E-state index in [0.717, 1.165) is 18.5 Å². The zero-order valence-electron chi connectivity index (χ0n) is 10.2. The smallest absolute Gasteiger partial charge is 0.265 e. The van der Waals surface area contributed by atoms with Gasteiger partial charge in [0.2, 0.25) is 5.28 Å². The molecular weight excluding hydrogens is 309 g/mol. The Balaban J connectivity index is 2.35. The molecule has 1 N–H and O–H groups in total. The van der Waals surface area contributed by atoms with E-state index in [2.05, 4.69) is 14.7 Å². The van der Waals surface area contributed by atoms with Crippen LogP contribution in [-0.2, 0) is 10.0 Å². The molecule has 106 valence electrons. The number of hydrogen-bond acceptors (Lipinski definition) is 5. The Morgan fingerprint density at radius 1 is 1.30 bits per heavy atom. The van der Waals surface area contributed by atoms with E-state index in [4.69, 9.17) is 16.3 Å². The van der Waals surface area contributed by atoms with Gasteiger partial charge >= 0.3 is 0 Å². The number of sulfonamides is 1. The molecule has 20 heavy (non-hydrogen) atoms. The molecule has 6 nitrogen and oxygen atoms in total. The molecule has 0 saturated carbocycles. The van der Waals surface area contributed by atoms with E-state index in [-0.39, 0.29) is 15.9 Å². The lowest BCUT2D eigenvalue weighted by Crippen LogP contribution is -2.14. The van der Waals surface area contributed by atoms with Crippen LogP contribution in [0.5, 0.6) is 5.75 Å². The van der Waals surface area contributed by atoms with Crippen molar-refractivity contribution in [2.24, 2.45) is 0 Å². The maximum absolute atomic E-state index is 13.6. The zero-order valence-corrected chi connectivity index (χ0v) is 11.7. The molecule has 0 amide bonds. The van der Waals surface area contributed by atoms with Gasteiger partial charge in [-0.2, -0.15) is 0 Å². The molecule has 0 atom stereocenters. The highest BCUT2D eigenvalue weighted by atomic mass is 35.5. The second-order valence-electron chi connectivity index (χ2n) is 3.64. The number of rotatable bonds is 4. The van der Waals surface area contributed by atoms with Gasteiger partial charge < -0.3 is 4.74 Å². The number of ether oxygens (including phenoxy) is 1. The summed E-state index contributed by atoms with van der Waals surface area (Å²) in [5.74, 6) is -0.416. The molecule has 0 bridgehead atoms. The summed E-state index contributed by atoms with van der Waals surface area (Å²) in [5, 5.41) is -0.0866. The summed E-state index contributed by atoms with van der Waals surface area (Å²) < 4.78 is 44.6. The first-order valence-electron chi connectivity index (χ1n) is 5.26. The third-order valence-electron chi connectivity index (χ3n) is 2.32. The maximum atomic E-state index is 13.6. The van der Waals surface area contributed by atoms with E-state index in [1.54, 1.807) is 0 Å². The van der Waals surface area contributed by atoms with Gasteiger partial charge in [0, 0.05) is 6.07 Å². The van der Waals surface area contributed by atoms with Gasteiger partial charge in [0.25, 0.3) is 10.0 Å². The fourth-order valence-electron chi connectivity index (χ4n) is 1.35. The summed E-state index contributed by atoms with van der Waals surface area (Å²) in [7, 11) is -2.62. The molecular formula is C11H9ClFN3O3S. The molecule has 1 aromatic carbocycles. The molecule has 0 spiro atoms. The maximum Gasteiger partial charge on any atom is 0.265 e. The Bertz CT molecular complexity index is 722. The highest BCUT2D eigenvalue weighted by Gasteiger charge is 2.17. The molecule has 0 saturated heterocycles. The number of anilines is 1. The van der Waals surface area contributed by atoms with Crippen molar-refractivity contribution >= 4 is 27.3 Å². The van der Waals surface area contributed by atoms with Crippen molar-refractivity contribution in [1.82, 2.24) is 9.97 Å². The summed E-state index contributed by atoms with van der Waals surface area (Å²) in [4.78, 5) is 6.89. The van der Waals surface area contributed by atoms with Crippen LogP contribution in [-0.4, -0.2) is 25.5 Å². The molecule has 0 aliphatic rings. The van der Waals surface area contributed by atoms with E-state index >= 15 is 0 Å². The van der Waals surface area contributed by atoms with E-state index in [1.165, 1.54) is 19.2 Å². The van der Waals surface area contributed by atoms with Gasteiger partial charge in [-0.3, -0.25) is 4.72 Å². The predicted octanol–water partition coefficient (Wildman–Crippen LogP) is 2.08. The number of halogens is 2. The minimum atomic E-state index is -4.01. The van der Waals surface area contributed by atoms with Crippen molar-refractivity contribution in [2.75, 3.05) is 11.8 Å². The average Bonchev–Trinajstić information content (AvgIpc) is 2.41. The summed E-state index contributed by atoms with van der Waals surface area (Å²) >= 11 is 5.47. The van der Waals surface area contributed by atoms with Crippen LogP contribution in [0.3, 0.4) is 0 Å². The molecule has 2 aromatic rings. The lowest BCUT2D eigenvalue weighted by molar-refractivity contribution is 0.414. The normalized spacial score (nSPS) is 11.2. The average molecular weight is 318 g/mol. The van der Waals surface area contributed by atoms with Gasteiger partial charge in [-0.25, -0.2) is 22.8 Å². The third kappa shape index (κ3) is 3.14. The first-order valence-corrected chi connectivity index (χ1v) is 7.12. The monoisotopic (exact) mass is 317 g/mol. The van der Waals surface area contributed by atoms with Crippen molar-refractivity contribution < 1.29 is 17.5 Å². The summed E-state index contributed by atoms with van der Waals surface area (Å²) in [6.45, 7) is 0. The molecule has 0 radical (unpaired) electrons. The van der Waals surface area contributed by atoms with Crippen LogP contribution < -0.4 is 9.46 Å². The van der Waals surface area contributed by atoms with Gasteiger partial charge in [-0.15, -0.1) is 0 Å². The van der Waals surface area contributed by atoms with Crippen LogP contribution in [0, 0.1) is 5.82 Å². The van der Waals surface area contributed by atoms with E-state index in [9.17, 15) is 12.8 Å². The van der Waals surface area contributed by atoms with Gasteiger partial charge in [0.05, 0.1) is 25.2 Å². The van der Waals surface area contributed by atoms with Crippen LogP contribution in [0.2, 0.25) is 5.28 Å². The summed E-state index contributed by atoms with van der Waals surface area (Å²) in [6, 6.07) is 3.69. The van der Waals surface area contributed by atoms with Crippen LogP contribution in [0.4, 0.5) is 10.1 Å². The lowest BCUT2D eigenvalue weighted by atomic mass is 10.3. The fourth-order valence-corrected chi connectivity index (χ4v) is 2.40. The van der Waals surface area contributed by atoms with Crippen molar-refractivity contribution in [3.63, 3.8) is 0 Å². The number of aromatic nitrogens is 2. The van der Waals surface area contributed by atoms with E-state index in [0.29, 0.717) is 5.75 Å². The summed E-state index contributed by atoms with van der Waals surface area (Å²) in [6.07, 6.45) is 2.05. The fraction of sp³-hybridized carbons (Fsp3) is 0.0909. The Morgan fingerprint density at radius 3 is 2.55 bits per heavy atom. The molecule has 0 aliphatic heterocycles. The molecule has 0 aliphatic carbocycles. The number of nitrogens with zero attached hydrogens (tertiary/aromatic N) is 2. The standard InChI is InChI=1S/C11H9ClFN3O3S/c1-19-7-2-3-9(13)10(4-7)16-20(17,18)8-5-14-11(12)15-6-8/h2-6,16H,1H3. The second-order valence-corrected chi connectivity index (χ2v) is 5.66. The highest BCUT2D eigenvalue weighted by Crippen LogP contribution is 2.23. The molecule has 0 unspecified atom stereocenters. The van der Waals surface area contributed by atoms with Crippen molar-refractivity contribution in [3.05, 3.63) is 41.7 Å². The number of benzene rings is 1. The number of methoxy groups -OCH3 is 1. The zero-order chi connectivity index (χ0) is 14.8. The van der Waals surface area contributed by atoms with E-state index < -0.39 is 15.8 Å². The Kier molecular flexibility index (Phi) is 4.05. The number of hydrogen-bond donors (Lipinski definition) is 1. The van der Waals surface area contributed by atoms with Crippen LogP contribution in [0.1, 0.15) is 0 Å². The molecule has 2 rings (SSSR count). The van der Waals surface area contributed by atoms with Gasteiger partial charge in [0.15, 0.2) is 0 Å². The second kappa shape index (κ2) is 5.59. The third-order valence-corrected chi connectivity index (χ3v) is 3.84. The largest absolute Gasteiger partial charge is 0.497 e.